The fourth-order valence-corrected chi connectivity index (χ4v) is 3.03. The molecule has 1 saturated heterocycles. The van der Waals surface area contributed by atoms with Gasteiger partial charge in [-0.1, -0.05) is 17.7 Å². The van der Waals surface area contributed by atoms with E-state index in [4.69, 9.17) is 21.1 Å². The first-order chi connectivity index (χ1) is 9.61. The van der Waals surface area contributed by atoms with Gasteiger partial charge in [-0.3, -0.25) is 0 Å². The van der Waals surface area contributed by atoms with E-state index in [-0.39, 0.29) is 17.5 Å². The molecule has 0 aromatic heterocycles. The average Bonchev–Trinajstić information content (AvgIpc) is 2.47. The van der Waals surface area contributed by atoms with Crippen LogP contribution in [0.4, 0.5) is 4.39 Å². The Kier molecular flexibility index (Phi) is 5.38. The first-order valence-electron chi connectivity index (χ1n) is 6.85. The molecular weight excluding hydrogens is 281 g/mol. The molecule has 0 saturated carbocycles. The standard InChI is InChI=1S/C15H21ClFNO2/c1-18-14(15(19-2)5-7-20-8-6-15)9-11-3-4-12(16)10-13(11)17/h3-4,10,14,18H,5-9H2,1-2H3. The van der Waals surface area contributed by atoms with E-state index in [1.54, 1.807) is 19.2 Å². The predicted octanol–water partition coefficient (Wildman–Crippen LogP) is 2.81. The van der Waals surface area contributed by atoms with Crippen molar-refractivity contribution in [2.24, 2.45) is 0 Å². The molecule has 1 aliphatic rings. The van der Waals surface area contributed by atoms with Crippen LogP contribution in [0.3, 0.4) is 0 Å². The lowest BCUT2D eigenvalue weighted by Crippen LogP contribution is -2.55. The summed E-state index contributed by atoms with van der Waals surface area (Å²) in [6, 6.07) is 4.85. The highest BCUT2D eigenvalue weighted by Crippen LogP contribution is 2.30. The zero-order chi connectivity index (χ0) is 14.6. The number of methoxy groups -OCH3 is 1. The summed E-state index contributed by atoms with van der Waals surface area (Å²) in [7, 11) is 3.60. The number of hydrogen-bond acceptors (Lipinski definition) is 3. The van der Waals surface area contributed by atoms with Crippen molar-refractivity contribution in [2.75, 3.05) is 27.4 Å². The number of likely N-dealkylation sites (N-methyl/N-ethyl adjacent to an activating group) is 1. The van der Waals surface area contributed by atoms with Gasteiger partial charge in [0.2, 0.25) is 0 Å². The first-order valence-corrected chi connectivity index (χ1v) is 7.23. The maximum absolute atomic E-state index is 14.0. The van der Waals surface area contributed by atoms with Crippen molar-refractivity contribution in [3.8, 4) is 0 Å². The molecule has 1 aromatic rings. The Hall–Kier alpha value is -0.680. The quantitative estimate of drug-likeness (QED) is 0.907. The maximum atomic E-state index is 14.0. The molecule has 0 amide bonds. The molecule has 0 bridgehead atoms. The minimum absolute atomic E-state index is 0.0343. The SMILES string of the molecule is CNC(Cc1ccc(Cl)cc1F)C1(OC)CCOCC1. The first kappa shape index (κ1) is 15.7. The van der Waals surface area contributed by atoms with Gasteiger partial charge in [0.1, 0.15) is 5.82 Å². The normalized spacial score (nSPS) is 19.8. The lowest BCUT2D eigenvalue weighted by Gasteiger charge is -2.42. The number of benzene rings is 1. The zero-order valence-corrected chi connectivity index (χ0v) is 12.7. The van der Waals surface area contributed by atoms with Crippen molar-refractivity contribution in [3.63, 3.8) is 0 Å². The molecule has 112 valence electrons. The van der Waals surface area contributed by atoms with Gasteiger partial charge in [-0.25, -0.2) is 4.39 Å². The largest absolute Gasteiger partial charge is 0.381 e. The summed E-state index contributed by atoms with van der Waals surface area (Å²) in [5.41, 5.74) is 0.343. The third kappa shape index (κ3) is 3.31. The van der Waals surface area contributed by atoms with E-state index in [1.165, 1.54) is 6.07 Å². The summed E-state index contributed by atoms with van der Waals surface area (Å²) in [6.45, 7) is 1.35. The van der Waals surface area contributed by atoms with Crippen molar-refractivity contribution in [1.82, 2.24) is 5.32 Å². The van der Waals surface area contributed by atoms with Crippen molar-refractivity contribution in [3.05, 3.63) is 34.6 Å². The summed E-state index contributed by atoms with van der Waals surface area (Å²) in [6.07, 6.45) is 2.18. The van der Waals surface area contributed by atoms with Gasteiger partial charge in [-0.2, -0.15) is 0 Å². The molecule has 1 atom stereocenters. The Morgan fingerprint density at radius 2 is 2.15 bits per heavy atom. The monoisotopic (exact) mass is 301 g/mol. The highest BCUT2D eigenvalue weighted by atomic mass is 35.5. The van der Waals surface area contributed by atoms with Crippen LogP contribution in [-0.4, -0.2) is 39.0 Å². The summed E-state index contributed by atoms with van der Waals surface area (Å²) >= 11 is 5.79. The van der Waals surface area contributed by atoms with Gasteiger partial charge in [-0.15, -0.1) is 0 Å². The minimum atomic E-state index is -0.306. The number of rotatable bonds is 5. The summed E-state index contributed by atoms with van der Waals surface area (Å²) < 4.78 is 25.2. The molecule has 3 nitrogen and oxygen atoms in total. The van der Waals surface area contributed by atoms with E-state index in [2.05, 4.69) is 5.32 Å². The molecule has 0 radical (unpaired) electrons. The molecular formula is C15H21ClFNO2. The third-order valence-electron chi connectivity index (χ3n) is 4.17. The van der Waals surface area contributed by atoms with E-state index in [0.717, 1.165) is 12.8 Å². The van der Waals surface area contributed by atoms with Crippen LogP contribution in [-0.2, 0) is 15.9 Å². The van der Waals surface area contributed by atoms with Crippen molar-refractivity contribution in [2.45, 2.75) is 30.9 Å². The van der Waals surface area contributed by atoms with Gasteiger partial charge in [0.05, 0.1) is 5.60 Å². The topological polar surface area (TPSA) is 30.5 Å². The molecule has 1 fully saturated rings. The Morgan fingerprint density at radius 1 is 1.45 bits per heavy atom. The molecule has 0 aliphatic carbocycles. The zero-order valence-electron chi connectivity index (χ0n) is 11.9. The predicted molar refractivity (Wildman–Crippen MR) is 77.8 cm³/mol. The van der Waals surface area contributed by atoms with E-state index in [1.807, 2.05) is 7.05 Å². The van der Waals surface area contributed by atoms with Gasteiger partial charge in [0, 0.05) is 44.2 Å². The minimum Gasteiger partial charge on any atom is -0.381 e. The number of nitrogens with one attached hydrogen (secondary N) is 1. The van der Waals surface area contributed by atoms with Gasteiger partial charge in [-0.05, 0) is 31.2 Å². The molecule has 2 rings (SSSR count). The Morgan fingerprint density at radius 3 is 2.70 bits per heavy atom. The molecule has 20 heavy (non-hydrogen) atoms. The van der Waals surface area contributed by atoms with Crippen LogP contribution in [0.25, 0.3) is 0 Å². The molecule has 1 aliphatic heterocycles. The highest BCUT2D eigenvalue weighted by Gasteiger charge is 2.40. The fourth-order valence-electron chi connectivity index (χ4n) is 2.87. The number of halogens is 2. The lowest BCUT2D eigenvalue weighted by molar-refractivity contribution is -0.109. The van der Waals surface area contributed by atoms with Gasteiger partial charge in [0.15, 0.2) is 0 Å². The van der Waals surface area contributed by atoms with E-state index in [9.17, 15) is 4.39 Å². The highest BCUT2D eigenvalue weighted by molar-refractivity contribution is 6.30. The van der Waals surface area contributed by atoms with Crippen LogP contribution in [0.15, 0.2) is 18.2 Å². The van der Waals surface area contributed by atoms with Gasteiger partial charge >= 0.3 is 0 Å². The molecule has 1 heterocycles. The maximum Gasteiger partial charge on any atom is 0.127 e. The van der Waals surface area contributed by atoms with Crippen LogP contribution in [0.1, 0.15) is 18.4 Å². The molecule has 1 N–H and O–H groups in total. The lowest BCUT2D eigenvalue weighted by atomic mass is 9.82. The molecule has 5 heteroatoms. The van der Waals surface area contributed by atoms with E-state index < -0.39 is 0 Å². The van der Waals surface area contributed by atoms with Crippen LogP contribution >= 0.6 is 11.6 Å². The molecule has 1 unspecified atom stereocenters. The average molecular weight is 302 g/mol. The van der Waals surface area contributed by atoms with E-state index in [0.29, 0.717) is 30.2 Å². The third-order valence-corrected chi connectivity index (χ3v) is 4.40. The second-order valence-electron chi connectivity index (χ2n) is 5.16. The van der Waals surface area contributed by atoms with E-state index >= 15 is 0 Å². The molecule has 1 aromatic carbocycles. The Balaban J connectivity index is 2.18. The molecule has 0 spiro atoms. The second kappa shape index (κ2) is 6.85. The summed E-state index contributed by atoms with van der Waals surface area (Å²) in [5, 5.41) is 3.69. The Bertz CT molecular complexity index is 449. The second-order valence-corrected chi connectivity index (χ2v) is 5.60. The fraction of sp³-hybridized carbons (Fsp3) is 0.600. The van der Waals surface area contributed by atoms with Crippen LogP contribution in [0, 0.1) is 5.82 Å². The summed E-state index contributed by atoms with van der Waals surface area (Å²) in [4.78, 5) is 0. The van der Waals surface area contributed by atoms with Crippen molar-refractivity contribution < 1.29 is 13.9 Å². The Labute approximate surface area is 124 Å². The smallest absolute Gasteiger partial charge is 0.127 e. The number of ether oxygens (including phenoxy) is 2. The van der Waals surface area contributed by atoms with Gasteiger partial charge in [0.25, 0.3) is 0 Å². The van der Waals surface area contributed by atoms with Crippen molar-refractivity contribution in [1.29, 1.82) is 0 Å². The van der Waals surface area contributed by atoms with Crippen molar-refractivity contribution >= 4 is 11.6 Å². The van der Waals surface area contributed by atoms with Crippen LogP contribution in [0.2, 0.25) is 5.02 Å². The van der Waals surface area contributed by atoms with Crippen LogP contribution < -0.4 is 5.32 Å². The number of hydrogen-bond donors (Lipinski definition) is 1. The summed E-state index contributed by atoms with van der Waals surface area (Å²) in [5.74, 6) is -0.268. The van der Waals surface area contributed by atoms with Gasteiger partial charge < -0.3 is 14.8 Å². The van der Waals surface area contributed by atoms with Crippen LogP contribution in [0.5, 0.6) is 0 Å².